The summed E-state index contributed by atoms with van der Waals surface area (Å²) in [5, 5.41) is 2.92. The summed E-state index contributed by atoms with van der Waals surface area (Å²) < 4.78 is 62.1. The summed E-state index contributed by atoms with van der Waals surface area (Å²) in [5.74, 6) is 0. The van der Waals surface area contributed by atoms with Gasteiger partial charge in [0.15, 0.2) is 0 Å². The molecule has 0 atom stereocenters. The van der Waals surface area contributed by atoms with Crippen LogP contribution in [0.25, 0.3) is 0 Å². The number of benzene rings is 1. The molecule has 0 unspecified atom stereocenters. The van der Waals surface area contributed by atoms with E-state index in [-0.39, 0.29) is 4.90 Å². The van der Waals surface area contributed by atoms with Gasteiger partial charge in [-0.2, -0.15) is 13.2 Å². The molecule has 1 N–H and O–H groups in total. The minimum Gasteiger partial charge on any atom is -0.316 e. The Morgan fingerprint density at radius 1 is 1.33 bits per heavy atom. The van der Waals surface area contributed by atoms with Gasteiger partial charge in [0.25, 0.3) is 0 Å². The van der Waals surface area contributed by atoms with Crippen molar-refractivity contribution in [2.45, 2.75) is 24.0 Å². The van der Waals surface area contributed by atoms with E-state index in [2.05, 4.69) is 21.2 Å². The van der Waals surface area contributed by atoms with E-state index in [0.717, 1.165) is 12.6 Å². The molecule has 1 aromatic rings. The van der Waals surface area contributed by atoms with E-state index in [4.69, 9.17) is 0 Å². The molecule has 0 fully saturated rings. The smallest absolute Gasteiger partial charge is 0.316 e. The molecule has 1 aromatic carbocycles. The highest BCUT2D eigenvalue weighted by Gasteiger charge is 2.31. The molecule has 4 nitrogen and oxygen atoms in total. The van der Waals surface area contributed by atoms with Gasteiger partial charge in [-0.25, -0.2) is 12.7 Å². The Morgan fingerprint density at radius 3 is 2.43 bits per heavy atom. The van der Waals surface area contributed by atoms with Gasteiger partial charge < -0.3 is 5.32 Å². The zero-order chi connectivity index (χ0) is 16.3. The SMILES string of the molecule is CNCc1ccc(S(=O)(=O)N(C)CCC(F)(F)F)c(Br)c1. The van der Waals surface area contributed by atoms with Crippen LogP contribution in [0.4, 0.5) is 13.2 Å². The van der Waals surface area contributed by atoms with E-state index in [1.54, 1.807) is 19.2 Å². The number of nitrogens with one attached hydrogen (secondary N) is 1. The number of nitrogens with zero attached hydrogens (tertiary/aromatic N) is 1. The fraction of sp³-hybridized carbons (Fsp3) is 0.500. The second-order valence-corrected chi connectivity index (χ2v) is 7.35. The summed E-state index contributed by atoms with van der Waals surface area (Å²) >= 11 is 3.16. The first kappa shape index (κ1) is 18.4. The number of sulfonamides is 1. The second kappa shape index (κ2) is 7.08. The van der Waals surface area contributed by atoms with Crippen LogP contribution in [0.1, 0.15) is 12.0 Å². The van der Waals surface area contributed by atoms with Crippen molar-refractivity contribution < 1.29 is 21.6 Å². The van der Waals surface area contributed by atoms with Gasteiger partial charge in [-0.05, 0) is 40.7 Å². The van der Waals surface area contributed by atoms with Crippen LogP contribution >= 0.6 is 15.9 Å². The summed E-state index contributed by atoms with van der Waals surface area (Å²) in [5.41, 5.74) is 0.862. The monoisotopic (exact) mass is 388 g/mol. The lowest BCUT2D eigenvalue weighted by molar-refractivity contribution is -0.135. The van der Waals surface area contributed by atoms with Crippen molar-refractivity contribution >= 4 is 26.0 Å². The van der Waals surface area contributed by atoms with Crippen molar-refractivity contribution in [1.82, 2.24) is 9.62 Å². The van der Waals surface area contributed by atoms with E-state index >= 15 is 0 Å². The van der Waals surface area contributed by atoms with Gasteiger partial charge in [0.2, 0.25) is 10.0 Å². The van der Waals surface area contributed by atoms with Crippen LogP contribution in [0.15, 0.2) is 27.6 Å². The van der Waals surface area contributed by atoms with Gasteiger partial charge in [0.1, 0.15) is 0 Å². The van der Waals surface area contributed by atoms with E-state index in [9.17, 15) is 21.6 Å². The number of alkyl halides is 3. The number of rotatable bonds is 6. The Hall–Kier alpha value is -0.640. The van der Waals surface area contributed by atoms with E-state index < -0.39 is 29.2 Å². The van der Waals surface area contributed by atoms with Gasteiger partial charge in [-0.3, -0.25) is 0 Å². The number of hydrogen-bond donors (Lipinski definition) is 1. The zero-order valence-corrected chi connectivity index (χ0v) is 13.9. The van der Waals surface area contributed by atoms with Crippen molar-refractivity contribution in [3.63, 3.8) is 0 Å². The molecule has 0 heterocycles. The third-order valence-electron chi connectivity index (χ3n) is 2.78. The average molecular weight is 389 g/mol. The first-order valence-corrected chi connectivity index (χ1v) is 8.27. The van der Waals surface area contributed by atoms with Crippen LogP contribution in [-0.2, 0) is 16.6 Å². The molecule has 0 amide bonds. The number of halogens is 4. The predicted octanol–water partition coefficient (Wildman–Crippen LogP) is 2.74. The Bertz CT molecular complexity index is 591. The van der Waals surface area contributed by atoms with Crippen molar-refractivity contribution in [2.75, 3.05) is 20.6 Å². The topological polar surface area (TPSA) is 49.4 Å². The van der Waals surface area contributed by atoms with Gasteiger partial charge in [0.05, 0.1) is 11.3 Å². The van der Waals surface area contributed by atoms with Gasteiger partial charge >= 0.3 is 6.18 Å². The maximum absolute atomic E-state index is 12.3. The third-order valence-corrected chi connectivity index (χ3v) is 5.61. The highest BCUT2D eigenvalue weighted by atomic mass is 79.9. The van der Waals surface area contributed by atoms with Gasteiger partial charge in [0, 0.05) is 24.6 Å². The molecule has 0 aliphatic heterocycles. The second-order valence-electron chi connectivity index (χ2n) is 4.49. The molecular formula is C12H16BrF3N2O2S. The normalized spacial score (nSPS) is 12.9. The average Bonchev–Trinajstić information content (AvgIpc) is 2.35. The fourth-order valence-corrected chi connectivity index (χ4v) is 3.89. The summed E-state index contributed by atoms with van der Waals surface area (Å²) in [6.45, 7) is -0.0562. The quantitative estimate of drug-likeness (QED) is 0.814. The Morgan fingerprint density at radius 2 is 1.95 bits per heavy atom. The molecule has 0 aliphatic carbocycles. The fourth-order valence-electron chi connectivity index (χ4n) is 1.64. The predicted molar refractivity (Wildman–Crippen MR) is 77.4 cm³/mol. The Kier molecular flexibility index (Phi) is 6.21. The van der Waals surface area contributed by atoms with Crippen molar-refractivity contribution in [1.29, 1.82) is 0 Å². The van der Waals surface area contributed by atoms with Gasteiger partial charge in [-0.1, -0.05) is 6.07 Å². The lowest BCUT2D eigenvalue weighted by Gasteiger charge is -2.19. The van der Waals surface area contributed by atoms with Crippen molar-refractivity contribution in [3.8, 4) is 0 Å². The van der Waals surface area contributed by atoms with Crippen LogP contribution < -0.4 is 5.32 Å². The maximum atomic E-state index is 12.3. The molecule has 0 bridgehead atoms. The molecule has 0 aromatic heterocycles. The zero-order valence-electron chi connectivity index (χ0n) is 11.5. The van der Waals surface area contributed by atoms with E-state index in [0.29, 0.717) is 15.3 Å². The summed E-state index contributed by atoms with van der Waals surface area (Å²) in [6.07, 6.45) is -5.57. The summed E-state index contributed by atoms with van der Waals surface area (Å²) in [4.78, 5) is -0.0490. The lowest BCUT2D eigenvalue weighted by atomic mass is 10.2. The minimum atomic E-state index is -4.39. The standard InChI is InChI=1S/C12H16BrF3N2O2S/c1-17-8-9-3-4-11(10(13)7-9)21(19,20)18(2)6-5-12(14,15)16/h3-4,7,17H,5-6,8H2,1-2H3. The molecule has 9 heteroatoms. The molecule has 120 valence electrons. The molecule has 0 radical (unpaired) electrons. The van der Waals surface area contributed by atoms with Crippen LogP contribution in [0.3, 0.4) is 0 Å². The third kappa shape index (κ3) is 5.24. The molecule has 1 rings (SSSR count). The molecule has 0 spiro atoms. The van der Waals surface area contributed by atoms with Crippen LogP contribution in [0.2, 0.25) is 0 Å². The van der Waals surface area contributed by atoms with Crippen LogP contribution in [0, 0.1) is 0 Å². The number of hydrogen-bond acceptors (Lipinski definition) is 3. The maximum Gasteiger partial charge on any atom is 0.390 e. The molecule has 21 heavy (non-hydrogen) atoms. The summed E-state index contributed by atoms with van der Waals surface area (Å²) in [6, 6.07) is 4.63. The largest absolute Gasteiger partial charge is 0.390 e. The Labute approximate surface area is 130 Å². The van der Waals surface area contributed by atoms with Crippen molar-refractivity contribution in [2.24, 2.45) is 0 Å². The van der Waals surface area contributed by atoms with E-state index in [1.807, 2.05) is 0 Å². The van der Waals surface area contributed by atoms with Crippen molar-refractivity contribution in [3.05, 3.63) is 28.2 Å². The molecule has 0 aliphatic rings. The Balaban J connectivity index is 2.97. The molecule has 0 saturated carbocycles. The molecular weight excluding hydrogens is 373 g/mol. The first-order chi connectivity index (χ1) is 9.58. The minimum absolute atomic E-state index is 0.0490. The lowest BCUT2D eigenvalue weighted by Crippen LogP contribution is -2.31. The van der Waals surface area contributed by atoms with E-state index in [1.165, 1.54) is 6.07 Å². The van der Waals surface area contributed by atoms with Crippen LogP contribution in [0.5, 0.6) is 0 Å². The van der Waals surface area contributed by atoms with Crippen LogP contribution in [-0.4, -0.2) is 39.5 Å². The summed E-state index contributed by atoms with van der Waals surface area (Å²) in [7, 11) is -1.07. The highest BCUT2D eigenvalue weighted by Crippen LogP contribution is 2.27. The van der Waals surface area contributed by atoms with Gasteiger partial charge in [-0.15, -0.1) is 0 Å². The first-order valence-electron chi connectivity index (χ1n) is 6.04. The molecule has 0 saturated heterocycles. The highest BCUT2D eigenvalue weighted by molar-refractivity contribution is 9.10.